The minimum atomic E-state index is -3.44. The molecule has 0 bridgehead atoms. The average molecular weight is 357 g/mol. The van der Waals surface area contributed by atoms with E-state index in [1.165, 1.54) is 11.3 Å². The van der Waals surface area contributed by atoms with Crippen molar-refractivity contribution in [3.8, 4) is 0 Å². The Morgan fingerprint density at radius 2 is 2.26 bits per heavy atom. The normalized spacial score (nSPS) is 28.1. The number of thiophene rings is 1. The van der Waals surface area contributed by atoms with Crippen LogP contribution in [0.3, 0.4) is 0 Å². The summed E-state index contributed by atoms with van der Waals surface area (Å²) in [6, 6.07) is 3.57. The topological polar surface area (TPSA) is 66.5 Å². The van der Waals surface area contributed by atoms with E-state index in [1.54, 1.807) is 17.5 Å². The largest absolute Gasteiger partial charge is 0.339 e. The van der Waals surface area contributed by atoms with E-state index in [1.807, 2.05) is 4.90 Å². The number of fused-ring (bicyclic) bond motifs is 1. The molecule has 1 aromatic rings. The number of piperidine rings is 1. The molecule has 2 aliphatic rings. The van der Waals surface area contributed by atoms with E-state index in [-0.39, 0.29) is 17.4 Å². The van der Waals surface area contributed by atoms with Gasteiger partial charge in [0.1, 0.15) is 4.21 Å². The van der Waals surface area contributed by atoms with Gasteiger partial charge < -0.3 is 4.90 Å². The second kappa shape index (κ2) is 6.53. The second-order valence-electron chi connectivity index (χ2n) is 6.61. The Bertz CT molecular complexity index is 657. The van der Waals surface area contributed by atoms with E-state index in [9.17, 15) is 13.2 Å². The Hall–Kier alpha value is -0.920. The number of amides is 1. The molecule has 7 heteroatoms. The van der Waals surface area contributed by atoms with Gasteiger partial charge in [-0.1, -0.05) is 19.4 Å². The van der Waals surface area contributed by atoms with E-state index in [4.69, 9.17) is 0 Å². The smallest absolute Gasteiger partial charge is 0.250 e. The summed E-state index contributed by atoms with van der Waals surface area (Å²) in [5.74, 6) is 0.232. The molecule has 5 nitrogen and oxygen atoms in total. The Labute approximate surface area is 142 Å². The van der Waals surface area contributed by atoms with Gasteiger partial charge in [-0.2, -0.15) is 0 Å². The van der Waals surface area contributed by atoms with Crippen molar-refractivity contribution in [3.05, 3.63) is 17.5 Å². The van der Waals surface area contributed by atoms with Gasteiger partial charge in [-0.15, -0.1) is 11.3 Å². The summed E-state index contributed by atoms with van der Waals surface area (Å²) < 4.78 is 28.0. The molecule has 1 amide bonds. The second-order valence-corrected chi connectivity index (χ2v) is 9.56. The fourth-order valence-electron chi connectivity index (χ4n) is 4.11. The summed E-state index contributed by atoms with van der Waals surface area (Å²) in [5, 5.41) is 1.77. The van der Waals surface area contributed by atoms with Gasteiger partial charge in [-0.3, -0.25) is 4.79 Å². The molecule has 0 radical (unpaired) electrons. The number of hydrogen-bond acceptors (Lipinski definition) is 4. The number of sulfonamides is 1. The first-order valence-corrected chi connectivity index (χ1v) is 10.7. The van der Waals surface area contributed by atoms with E-state index >= 15 is 0 Å². The van der Waals surface area contributed by atoms with Crippen LogP contribution in [0.4, 0.5) is 0 Å². The first kappa shape index (κ1) is 16.9. The maximum absolute atomic E-state index is 12.4. The van der Waals surface area contributed by atoms with Crippen molar-refractivity contribution in [1.29, 1.82) is 0 Å². The molecule has 1 saturated heterocycles. The van der Waals surface area contributed by atoms with Gasteiger partial charge in [0.15, 0.2) is 0 Å². The lowest BCUT2D eigenvalue weighted by molar-refractivity contribution is -0.141. The predicted molar refractivity (Wildman–Crippen MR) is 90.8 cm³/mol. The molecule has 1 aliphatic carbocycles. The van der Waals surface area contributed by atoms with Crippen molar-refractivity contribution in [3.63, 3.8) is 0 Å². The lowest BCUT2D eigenvalue weighted by Crippen LogP contribution is -2.56. The highest BCUT2D eigenvalue weighted by Crippen LogP contribution is 2.47. The molecular formula is C16H24N2O3S2. The number of carbonyl (C=O) groups is 1. The van der Waals surface area contributed by atoms with Crippen molar-refractivity contribution in [1.82, 2.24) is 9.62 Å². The first-order valence-electron chi connectivity index (χ1n) is 8.31. The van der Waals surface area contributed by atoms with Crippen molar-refractivity contribution < 1.29 is 13.2 Å². The molecule has 2 fully saturated rings. The van der Waals surface area contributed by atoms with Crippen LogP contribution in [-0.2, 0) is 14.8 Å². The molecule has 23 heavy (non-hydrogen) atoms. The summed E-state index contributed by atoms with van der Waals surface area (Å²) in [7, 11) is -3.44. The zero-order valence-electron chi connectivity index (χ0n) is 13.5. The number of rotatable bonds is 6. The van der Waals surface area contributed by atoms with E-state index in [2.05, 4.69) is 11.6 Å². The first-order chi connectivity index (χ1) is 11.0. The summed E-state index contributed by atoms with van der Waals surface area (Å²) in [5.41, 5.74) is -0.0899. The molecule has 2 atom stereocenters. The van der Waals surface area contributed by atoms with E-state index < -0.39 is 10.0 Å². The van der Waals surface area contributed by atoms with Gasteiger partial charge in [0.25, 0.3) is 0 Å². The van der Waals surface area contributed by atoms with Crippen LogP contribution >= 0.6 is 11.3 Å². The summed E-state index contributed by atoms with van der Waals surface area (Å²) in [4.78, 5) is 14.3. The third kappa shape index (κ3) is 3.19. The van der Waals surface area contributed by atoms with Gasteiger partial charge in [-0.25, -0.2) is 13.1 Å². The van der Waals surface area contributed by atoms with Crippen LogP contribution in [0.5, 0.6) is 0 Å². The molecule has 1 N–H and O–H groups in total. The van der Waals surface area contributed by atoms with Crippen molar-refractivity contribution >= 4 is 27.3 Å². The molecule has 1 aliphatic heterocycles. The zero-order chi connectivity index (χ0) is 16.5. The third-order valence-electron chi connectivity index (χ3n) is 5.23. The van der Waals surface area contributed by atoms with Gasteiger partial charge in [0, 0.05) is 31.0 Å². The molecule has 1 aromatic heterocycles. The number of hydrogen-bond donors (Lipinski definition) is 1. The predicted octanol–water partition coefficient (Wildman–Crippen LogP) is 2.60. The van der Waals surface area contributed by atoms with Crippen molar-refractivity contribution in [2.75, 3.05) is 13.1 Å². The Kier molecular flexibility index (Phi) is 4.80. The number of nitrogens with one attached hydrogen (secondary N) is 1. The quantitative estimate of drug-likeness (QED) is 0.852. The van der Waals surface area contributed by atoms with Crippen LogP contribution in [0.2, 0.25) is 0 Å². The van der Waals surface area contributed by atoms with Crippen molar-refractivity contribution in [2.24, 2.45) is 5.41 Å². The van der Waals surface area contributed by atoms with Crippen LogP contribution < -0.4 is 4.72 Å². The summed E-state index contributed by atoms with van der Waals surface area (Å²) >= 11 is 1.23. The van der Waals surface area contributed by atoms with E-state index in [0.717, 1.165) is 38.6 Å². The van der Waals surface area contributed by atoms with Gasteiger partial charge >= 0.3 is 0 Å². The fourth-order valence-corrected chi connectivity index (χ4v) is 6.29. The molecular weight excluding hydrogens is 332 g/mol. The number of carbonyl (C=O) groups excluding carboxylic acids is 1. The van der Waals surface area contributed by atoms with Crippen molar-refractivity contribution in [2.45, 2.75) is 55.7 Å². The number of likely N-dealkylation sites (tertiary alicyclic amines) is 1. The Morgan fingerprint density at radius 1 is 1.43 bits per heavy atom. The standard InChI is InChI=1S/C16H24N2O3S2/c1-2-10-18-13-5-3-8-16(13,9-7-14(18)19)12-17-23(20,21)15-6-4-11-22-15/h4,6,11,13,17H,2-3,5,7-10,12H2,1H3/t13-,16+/m1/s1. The minimum absolute atomic E-state index is 0.0899. The SMILES string of the molecule is CCCN1C(=O)CC[C@]2(CNS(=O)(=O)c3cccs3)CCC[C@@H]12. The maximum Gasteiger partial charge on any atom is 0.250 e. The zero-order valence-corrected chi connectivity index (χ0v) is 15.1. The lowest BCUT2D eigenvalue weighted by atomic mass is 9.74. The van der Waals surface area contributed by atoms with Gasteiger partial charge in [0.05, 0.1) is 0 Å². The highest BCUT2D eigenvalue weighted by Gasteiger charge is 2.50. The molecule has 2 heterocycles. The molecule has 0 unspecified atom stereocenters. The van der Waals surface area contributed by atoms with Gasteiger partial charge in [0.2, 0.25) is 15.9 Å². The van der Waals surface area contributed by atoms with Crippen LogP contribution in [0.15, 0.2) is 21.7 Å². The van der Waals surface area contributed by atoms with Crippen LogP contribution in [0.1, 0.15) is 45.4 Å². The lowest BCUT2D eigenvalue weighted by Gasteiger charge is -2.46. The monoisotopic (exact) mass is 356 g/mol. The van der Waals surface area contributed by atoms with Crippen LogP contribution in [-0.4, -0.2) is 38.4 Å². The molecule has 0 aromatic carbocycles. The highest BCUT2D eigenvalue weighted by atomic mass is 32.2. The summed E-state index contributed by atoms with van der Waals surface area (Å²) in [6.45, 7) is 3.30. The molecule has 0 spiro atoms. The fraction of sp³-hybridized carbons (Fsp3) is 0.688. The van der Waals surface area contributed by atoms with Crippen LogP contribution in [0, 0.1) is 5.41 Å². The Morgan fingerprint density at radius 3 is 2.96 bits per heavy atom. The third-order valence-corrected chi connectivity index (χ3v) is 8.03. The average Bonchev–Trinajstić information content (AvgIpc) is 3.18. The molecule has 1 saturated carbocycles. The highest BCUT2D eigenvalue weighted by molar-refractivity contribution is 7.91. The Balaban J connectivity index is 1.76. The molecule has 128 valence electrons. The minimum Gasteiger partial charge on any atom is -0.339 e. The number of nitrogens with zero attached hydrogens (tertiary/aromatic N) is 1. The summed E-state index contributed by atoms with van der Waals surface area (Å²) in [6.07, 6.45) is 5.34. The van der Waals surface area contributed by atoms with Crippen LogP contribution in [0.25, 0.3) is 0 Å². The maximum atomic E-state index is 12.4. The van der Waals surface area contributed by atoms with Gasteiger partial charge in [-0.05, 0) is 37.1 Å². The van der Waals surface area contributed by atoms with E-state index in [0.29, 0.717) is 17.2 Å². The molecule has 3 rings (SSSR count).